The molecule has 0 bridgehead atoms. The van der Waals surface area contributed by atoms with Gasteiger partial charge in [-0.05, 0) is 25.7 Å². The number of methoxy groups -OCH3 is 1. The van der Waals surface area contributed by atoms with Crippen molar-refractivity contribution in [2.75, 3.05) is 7.11 Å². The summed E-state index contributed by atoms with van der Waals surface area (Å²) in [7, 11) is 1.33. The summed E-state index contributed by atoms with van der Waals surface area (Å²) in [6, 6.07) is 0. The first kappa shape index (κ1) is 21.3. The number of nitrogens with zero attached hydrogens (tertiary/aromatic N) is 2. The summed E-state index contributed by atoms with van der Waals surface area (Å²) >= 11 is 0. The second kappa shape index (κ2) is 12.6. The fourth-order valence-electron chi connectivity index (χ4n) is 2.49. The lowest BCUT2D eigenvalue weighted by molar-refractivity contribution is -0.140. The number of carbonyl (C=O) groups is 1. The third-order valence-corrected chi connectivity index (χ3v) is 4.07. The van der Waals surface area contributed by atoms with Crippen LogP contribution < -0.4 is 0 Å². The van der Waals surface area contributed by atoms with Crippen molar-refractivity contribution in [1.29, 1.82) is 0 Å². The van der Waals surface area contributed by atoms with Crippen molar-refractivity contribution in [3.63, 3.8) is 0 Å². The van der Waals surface area contributed by atoms with Gasteiger partial charge < -0.3 is 14.9 Å². The molecule has 0 spiro atoms. The smallest absolute Gasteiger partial charge is 0.305 e. The molecule has 0 aliphatic carbocycles. The van der Waals surface area contributed by atoms with Crippen LogP contribution in [-0.2, 0) is 16.0 Å². The van der Waals surface area contributed by atoms with Crippen LogP contribution in [0.1, 0.15) is 63.1 Å². The van der Waals surface area contributed by atoms with Crippen LogP contribution in [0.2, 0.25) is 0 Å². The largest absolute Gasteiger partial charge is 0.469 e. The summed E-state index contributed by atoms with van der Waals surface area (Å²) in [5.74, 6) is -0.314. The first-order valence-corrected chi connectivity index (χ1v) is 8.98. The van der Waals surface area contributed by atoms with Gasteiger partial charge in [0.15, 0.2) is 0 Å². The van der Waals surface area contributed by atoms with Crippen LogP contribution in [0.5, 0.6) is 0 Å². The maximum absolute atomic E-state index is 11.0. The van der Waals surface area contributed by atoms with Gasteiger partial charge in [0.2, 0.25) is 0 Å². The third-order valence-electron chi connectivity index (χ3n) is 4.07. The normalized spacial score (nSPS) is 13.8. The molecule has 2 atom stereocenters. The van der Waals surface area contributed by atoms with Crippen LogP contribution in [0, 0.1) is 0 Å². The minimum Gasteiger partial charge on any atom is -0.469 e. The molecule has 6 nitrogen and oxygen atoms in total. The number of carbonyl (C=O) groups excluding carboxylic acids is 1. The molecule has 6 heteroatoms. The topological polar surface area (TPSA) is 92.5 Å². The van der Waals surface area contributed by atoms with Crippen molar-refractivity contribution < 1.29 is 19.7 Å². The zero-order valence-corrected chi connectivity index (χ0v) is 15.2. The fourth-order valence-corrected chi connectivity index (χ4v) is 2.49. The van der Waals surface area contributed by atoms with E-state index in [1.807, 2.05) is 0 Å². The Kier molecular flexibility index (Phi) is 10.7. The number of aromatic nitrogens is 2. The second-order valence-corrected chi connectivity index (χ2v) is 6.12. The molecule has 0 aliphatic heterocycles. The Morgan fingerprint density at radius 3 is 2.80 bits per heavy atom. The van der Waals surface area contributed by atoms with E-state index in [0.717, 1.165) is 24.1 Å². The predicted octanol–water partition coefficient (Wildman–Crippen LogP) is 2.68. The summed E-state index contributed by atoms with van der Waals surface area (Å²) < 4.78 is 4.55. The lowest BCUT2D eigenvalue weighted by Gasteiger charge is -2.14. The number of hydrogen-bond acceptors (Lipinski definition) is 6. The molecule has 2 N–H and O–H groups in total. The molecule has 25 heavy (non-hydrogen) atoms. The summed E-state index contributed by atoms with van der Waals surface area (Å²) in [6.45, 7) is 2.18. The molecule has 1 aromatic heterocycles. The van der Waals surface area contributed by atoms with E-state index >= 15 is 0 Å². The minimum absolute atomic E-state index is 0.235. The van der Waals surface area contributed by atoms with Crippen molar-refractivity contribution in [3.05, 3.63) is 29.9 Å². The monoisotopic (exact) mass is 350 g/mol. The Labute approximate surface area is 150 Å². The molecule has 0 saturated heterocycles. The number of aryl methyl sites for hydroxylation is 1. The van der Waals surface area contributed by atoms with Crippen molar-refractivity contribution in [2.45, 2.75) is 70.5 Å². The SMILES string of the molecule is CCCCCCc1ncncc1/C=C/C(O)C(O)CCCC(=O)OC. The van der Waals surface area contributed by atoms with Crippen molar-refractivity contribution in [3.8, 4) is 0 Å². The first-order chi connectivity index (χ1) is 12.1. The van der Waals surface area contributed by atoms with Crippen LogP contribution in [0.3, 0.4) is 0 Å². The van der Waals surface area contributed by atoms with E-state index in [9.17, 15) is 15.0 Å². The Hall–Kier alpha value is -1.79. The fraction of sp³-hybridized carbons (Fsp3) is 0.632. The van der Waals surface area contributed by atoms with Crippen LogP contribution in [0.15, 0.2) is 18.6 Å². The highest BCUT2D eigenvalue weighted by molar-refractivity contribution is 5.69. The van der Waals surface area contributed by atoms with Gasteiger partial charge in [-0.1, -0.05) is 38.3 Å². The number of aliphatic hydroxyl groups is 2. The lowest BCUT2D eigenvalue weighted by Crippen LogP contribution is -2.23. The third kappa shape index (κ3) is 8.74. The quantitative estimate of drug-likeness (QED) is 0.445. The number of hydrogen-bond donors (Lipinski definition) is 2. The van der Waals surface area contributed by atoms with Gasteiger partial charge in [-0.15, -0.1) is 0 Å². The van der Waals surface area contributed by atoms with Crippen LogP contribution in [0.25, 0.3) is 6.08 Å². The Balaban J connectivity index is 2.51. The van der Waals surface area contributed by atoms with E-state index in [1.165, 1.54) is 32.7 Å². The standard InChI is InChI=1S/C19H30N2O4/c1-3-4-5-6-8-16-15(13-20-14-21-16)11-12-18(23)17(22)9-7-10-19(24)25-2/h11-14,17-18,22-23H,3-10H2,1-2H3/b12-11+. The maximum Gasteiger partial charge on any atom is 0.305 e. The number of unbranched alkanes of at least 4 members (excludes halogenated alkanes) is 3. The first-order valence-electron chi connectivity index (χ1n) is 8.98. The Morgan fingerprint density at radius 1 is 1.28 bits per heavy atom. The van der Waals surface area contributed by atoms with Crippen LogP contribution >= 0.6 is 0 Å². The number of rotatable bonds is 12. The van der Waals surface area contributed by atoms with Gasteiger partial charge in [-0.2, -0.15) is 0 Å². The zero-order chi connectivity index (χ0) is 18.5. The summed E-state index contributed by atoms with van der Waals surface area (Å²) in [6.07, 6.45) is 11.2. The van der Waals surface area contributed by atoms with E-state index in [4.69, 9.17) is 0 Å². The van der Waals surface area contributed by atoms with E-state index < -0.39 is 12.2 Å². The molecule has 140 valence electrons. The number of esters is 1. The predicted molar refractivity (Wildman–Crippen MR) is 96.8 cm³/mol. The molecule has 0 fully saturated rings. The molecule has 0 aromatic carbocycles. The van der Waals surface area contributed by atoms with Crippen LogP contribution in [-0.4, -0.2) is 45.5 Å². The lowest BCUT2D eigenvalue weighted by atomic mass is 10.0. The molecular weight excluding hydrogens is 320 g/mol. The van der Waals surface area contributed by atoms with Gasteiger partial charge in [-0.3, -0.25) is 4.79 Å². The maximum atomic E-state index is 11.0. The average molecular weight is 350 g/mol. The molecular formula is C19H30N2O4. The highest BCUT2D eigenvalue weighted by Gasteiger charge is 2.14. The van der Waals surface area contributed by atoms with Crippen molar-refractivity contribution in [1.82, 2.24) is 9.97 Å². The van der Waals surface area contributed by atoms with Crippen molar-refractivity contribution >= 4 is 12.0 Å². The van der Waals surface area contributed by atoms with Crippen molar-refractivity contribution in [2.24, 2.45) is 0 Å². The van der Waals surface area contributed by atoms with Gasteiger partial charge in [0.1, 0.15) is 6.33 Å². The molecule has 0 amide bonds. The Morgan fingerprint density at radius 2 is 2.08 bits per heavy atom. The number of ether oxygens (including phenoxy) is 1. The highest BCUT2D eigenvalue weighted by Crippen LogP contribution is 2.13. The van der Waals surface area contributed by atoms with Gasteiger partial charge >= 0.3 is 5.97 Å². The molecule has 2 unspecified atom stereocenters. The molecule has 1 heterocycles. The van der Waals surface area contributed by atoms with Crippen LogP contribution in [0.4, 0.5) is 0 Å². The summed E-state index contributed by atoms with van der Waals surface area (Å²) in [5, 5.41) is 20.0. The van der Waals surface area contributed by atoms with Gasteiger partial charge in [0, 0.05) is 18.2 Å². The minimum atomic E-state index is -0.995. The number of aliphatic hydroxyl groups excluding tert-OH is 2. The van der Waals surface area contributed by atoms with Gasteiger partial charge in [-0.25, -0.2) is 9.97 Å². The molecule has 0 saturated carbocycles. The second-order valence-electron chi connectivity index (χ2n) is 6.12. The summed E-state index contributed by atoms with van der Waals surface area (Å²) in [4.78, 5) is 19.4. The van der Waals surface area contributed by atoms with E-state index in [0.29, 0.717) is 12.8 Å². The zero-order valence-electron chi connectivity index (χ0n) is 15.2. The van der Waals surface area contributed by atoms with E-state index in [2.05, 4.69) is 21.6 Å². The molecule has 0 aliphatic rings. The average Bonchev–Trinajstić information content (AvgIpc) is 2.63. The van der Waals surface area contributed by atoms with Gasteiger partial charge in [0.05, 0.1) is 25.0 Å². The highest BCUT2D eigenvalue weighted by atomic mass is 16.5. The molecule has 1 rings (SSSR count). The van der Waals surface area contributed by atoms with Gasteiger partial charge in [0.25, 0.3) is 0 Å². The molecule has 0 radical (unpaired) electrons. The Bertz CT molecular complexity index is 534. The molecule has 1 aromatic rings. The van der Waals surface area contributed by atoms with E-state index in [1.54, 1.807) is 18.3 Å². The van der Waals surface area contributed by atoms with E-state index in [-0.39, 0.29) is 12.4 Å². The summed E-state index contributed by atoms with van der Waals surface area (Å²) in [5.41, 5.74) is 1.81.